The maximum absolute atomic E-state index is 13.5. The minimum absolute atomic E-state index is 0.0200. The molecule has 0 fully saturated rings. The Kier molecular flexibility index (Phi) is 4.22. The highest BCUT2D eigenvalue weighted by molar-refractivity contribution is 5.65. The summed E-state index contributed by atoms with van der Waals surface area (Å²) in [6, 6.07) is 1.82. The van der Waals surface area contributed by atoms with E-state index in [4.69, 9.17) is 9.84 Å². The van der Waals surface area contributed by atoms with E-state index in [1.165, 1.54) is 13.2 Å². The first kappa shape index (κ1) is 13.2. The average Bonchev–Trinajstić information content (AvgIpc) is 2.27. The summed E-state index contributed by atoms with van der Waals surface area (Å²) < 4.78 is 18.3. The van der Waals surface area contributed by atoms with Gasteiger partial charge in [-0.15, -0.1) is 0 Å². The average molecular weight is 244 g/mol. The SMILES string of the molecule is COc1cc(F)c([N+](=O)[O-])c(NC(C)CO)c1. The first-order valence-electron chi connectivity index (χ1n) is 4.89. The molecule has 0 amide bonds. The molecule has 0 aromatic heterocycles. The molecule has 1 atom stereocenters. The van der Waals surface area contributed by atoms with Gasteiger partial charge in [0, 0.05) is 18.2 Å². The fourth-order valence-corrected chi connectivity index (χ4v) is 1.30. The maximum Gasteiger partial charge on any atom is 0.327 e. The Morgan fingerprint density at radius 2 is 2.29 bits per heavy atom. The molecule has 7 heteroatoms. The molecule has 1 aromatic rings. The largest absolute Gasteiger partial charge is 0.497 e. The summed E-state index contributed by atoms with van der Waals surface area (Å²) in [5.41, 5.74) is -0.681. The zero-order valence-electron chi connectivity index (χ0n) is 9.44. The second-order valence-electron chi connectivity index (χ2n) is 3.49. The van der Waals surface area contributed by atoms with E-state index in [1.54, 1.807) is 6.92 Å². The number of hydrogen-bond donors (Lipinski definition) is 2. The molecule has 2 N–H and O–H groups in total. The van der Waals surface area contributed by atoms with Crippen LogP contribution in [0.1, 0.15) is 6.92 Å². The van der Waals surface area contributed by atoms with Crippen molar-refractivity contribution in [3.8, 4) is 5.75 Å². The lowest BCUT2D eigenvalue weighted by atomic mass is 10.2. The van der Waals surface area contributed by atoms with Crippen molar-refractivity contribution in [2.24, 2.45) is 0 Å². The van der Waals surface area contributed by atoms with Crippen LogP contribution in [0.25, 0.3) is 0 Å². The zero-order chi connectivity index (χ0) is 13.0. The monoisotopic (exact) mass is 244 g/mol. The van der Waals surface area contributed by atoms with Crippen LogP contribution in [-0.2, 0) is 0 Å². The third kappa shape index (κ3) is 3.04. The van der Waals surface area contributed by atoms with Crippen molar-refractivity contribution in [1.29, 1.82) is 0 Å². The van der Waals surface area contributed by atoms with Gasteiger partial charge >= 0.3 is 5.69 Å². The first-order chi connectivity index (χ1) is 7.99. The van der Waals surface area contributed by atoms with Gasteiger partial charge in [0.15, 0.2) is 0 Å². The lowest BCUT2D eigenvalue weighted by molar-refractivity contribution is -0.386. The molecule has 0 radical (unpaired) electrons. The third-order valence-electron chi connectivity index (χ3n) is 2.13. The Labute approximate surface area is 97.2 Å². The second kappa shape index (κ2) is 5.44. The third-order valence-corrected chi connectivity index (χ3v) is 2.13. The normalized spacial score (nSPS) is 12.0. The van der Waals surface area contributed by atoms with Gasteiger partial charge in [-0.25, -0.2) is 0 Å². The smallest absolute Gasteiger partial charge is 0.327 e. The Bertz CT molecular complexity index is 425. The summed E-state index contributed by atoms with van der Waals surface area (Å²) in [4.78, 5) is 9.92. The van der Waals surface area contributed by atoms with Crippen LogP contribution in [0.3, 0.4) is 0 Å². The van der Waals surface area contributed by atoms with Crippen molar-refractivity contribution in [3.63, 3.8) is 0 Å². The number of halogens is 1. The van der Waals surface area contributed by atoms with E-state index in [0.29, 0.717) is 0 Å². The van der Waals surface area contributed by atoms with Crippen LogP contribution in [-0.4, -0.2) is 29.8 Å². The highest BCUT2D eigenvalue weighted by Crippen LogP contribution is 2.32. The molecule has 17 heavy (non-hydrogen) atoms. The molecule has 0 aliphatic rings. The number of nitro benzene ring substituents is 1. The summed E-state index contributed by atoms with van der Waals surface area (Å²) in [5.74, 6) is -0.817. The lowest BCUT2D eigenvalue weighted by Gasteiger charge is -2.13. The van der Waals surface area contributed by atoms with E-state index < -0.39 is 22.5 Å². The summed E-state index contributed by atoms with van der Waals surface area (Å²) in [7, 11) is 1.33. The molecule has 0 saturated carbocycles. The van der Waals surface area contributed by atoms with E-state index in [0.717, 1.165) is 6.07 Å². The molecule has 6 nitrogen and oxygen atoms in total. The summed E-state index contributed by atoms with van der Waals surface area (Å²) in [6.07, 6.45) is 0. The summed E-state index contributed by atoms with van der Waals surface area (Å²) in [6.45, 7) is 1.39. The Morgan fingerprint density at radius 3 is 2.76 bits per heavy atom. The Morgan fingerprint density at radius 1 is 1.65 bits per heavy atom. The van der Waals surface area contributed by atoms with Crippen molar-refractivity contribution in [3.05, 3.63) is 28.1 Å². The number of benzene rings is 1. The molecule has 1 aromatic carbocycles. The Balaban J connectivity index is 3.22. The predicted molar refractivity (Wildman–Crippen MR) is 59.8 cm³/mol. The summed E-state index contributed by atoms with van der Waals surface area (Å²) in [5, 5.41) is 22.2. The van der Waals surface area contributed by atoms with Gasteiger partial charge in [-0.2, -0.15) is 4.39 Å². The number of aliphatic hydroxyl groups is 1. The van der Waals surface area contributed by atoms with Crippen LogP contribution in [0.15, 0.2) is 12.1 Å². The van der Waals surface area contributed by atoms with Gasteiger partial charge in [0.2, 0.25) is 5.82 Å². The van der Waals surface area contributed by atoms with E-state index in [-0.39, 0.29) is 18.0 Å². The van der Waals surface area contributed by atoms with E-state index in [9.17, 15) is 14.5 Å². The molecule has 0 bridgehead atoms. The van der Waals surface area contributed by atoms with Gasteiger partial charge in [0.25, 0.3) is 0 Å². The number of nitrogens with zero attached hydrogens (tertiary/aromatic N) is 1. The van der Waals surface area contributed by atoms with Crippen LogP contribution in [0, 0.1) is 15.9 Å². The minimum atomic E-state index is -0.984. The first-order valence-corrected chi connectivity index (χ1v) is 4.89. The number of ether oxygens (including phenoxy) is 1. The standard InChI is InChI=1S/C10H13FN2O4/c1-6(5-14)12-9-4-7(17-2)3-8(11)10(9)13(15)16/h3-4,6,12,14H,5H2,1-2H3. The maximum atomic E-state index is 13.5. The van der Waals surface area contributed by atoms with E-state index >= 15 is 0 Å². The molecule has 0 spiro atoms. The zero-order valence-corrected chi connectivity index (χ0v) is 9.44. The van der Waals surface area contributed by atoms with Crippen molar-refractivity contribution in [1.82, 2.24) is 0 Å². The van der Waals surface area contributed by atoms with Crippen molar-refractivity contribution >= 4 is 11.4 Å². The van der Waals surface area contributed by atoms with Crippen molar-refractivity contribution in [2.45, 2.75) is 13.0 Å². The lowest BCUT2D eigenvalue weighted by Crippen LogP contribution is -2.20. The number of hydrogen-bond acceptors (Lipinski definition) is 5. The van der Waals surface area contributed by atoms with Crippen LogP contribution in [0.5, 0.6) is 5.75 Å². The van der Waals surface area contributed by atoms with Crippen LogP contribution in [0.4, 0.5) is 15.8 Å². The molecule has 1 unspecified atom stereocenters. The number of anilines is 1. The highest BCUT2D eigenvalue weighted by atomic mass is 19.1. The number of rotatable bonds is 5. The van der Waals surface area contributed by atoms with Crippen molar-refractivity contribution in [2.75, 3.05) is 19.0 Å². The molecule has 1 rings (SSSR count). The fraction of sp³-hybridized carbons (Fsp3) is 0.400. The van der Waals surface area contributed by atoms with Gasteiger partial charge in [-0.05, 0) is 6.92 Å². The fourth-order valence-electron chi connectivity index (χ4n) is 1.30. The van der Waals surface area contributed by atoms with Gasteiger partial charge in [0.05, 0.1) is 18.6 Å². The van der Waals surface area contributed by atoms with E-state index in [1.807, 2.05) is 0 Å². The second-order valence-corrected chi connectivity index (χ2v) is 3.49. The quantitative estimate of drug-likeness (QED) is 0.606. The summed E-state index contributed by atoms with van der Waals surface area (Å²) >= 11 is 0. The molecule has 94 valence electrons. The van der Waals surface area contributed by atoms with Gasteiger partial charge in [-0.3, -0.25) is 10.1 Å². The number of nitrogens with one attached hydrogen (secondary N) is 1. The minimum Gasteiger partial charge on any atom is -0.497 e. The van der Waals surface area contributed by atoms with Crippen LogP contribution >= 0.6 is 0 Å². The Hall–Kier alpha value is -1.89. The van der Waals surface area contributed by atoms with Gasteiger partial charge in [-0.1, -0.05) is 0 Å². The van der Waals surface area contributed by atoms with Gasteiger partial charge < -0.3 is 15.2 Å². The van der Waals surface area contributed by atoms with Crippen LogP contribution < -0.4 is 10.1 Å². The number of nitro groups is 1. The predicted octanol–water partition coefficient (Wildman–Crippen LogP) is 1.54. The van der Waals surface area contributed by atoms with Crippen LogP contribution in [0.2, 0.25) is 0 Å². The molecule has 0 heterocycles. The highest BCUT2D eigenvalue weighted by Gasteiger charge is 2.22. The number of methoxy groups -OCH3 is 1. The molecule has 0 saturated heterocycles. The number of aliphatic hydroxyl groups excluding tert-OH is 1. The topological polar surface area (TPSA) is 84.6 Å². The van der Waals surface area contributed by atoms with Crippen molar-refractivity contribution < 1.29 is 19.2 Å². The molecule has 0 aliphatic heterocycles. The molecular formula is C10H13FN2O4. The molecular weight excluding hydrogens is 231 g/mol. The molecule has 0 aliphatic carbocycles. The van der Waals surface area contributed by atoms with E-state index in [2.05, 4.69) is 5.32 Å². The van der Waals surface area contributed by atoms with Gasteiger partial charge in [0.1, 0.15) is 11.4 Å².